The van der Waals surface area contributed by atoms with Gasteiger partial charge in [0.25, 0.3) is 0 Å². The molecular formula is C17H25NO. The van der Waals surface area contributed by atoms with Crippen LogP contribution in [0.2, 0.25) is 0 Å². The highest BCUT2D eigenvalue weighted by atomic mass is 16.3. The van der Waals surface area contributed by atoms with Crippen LogP contribution in [-0.4, -0.2) is 17.3 Å². The number of aliphatic hydroxyl groups is 1. The van der Waals surface area contributed by atoms with Crippen LogP contribution in [0.15, 0.2) is 24.3 Å². The summed E-state index contributed by atoms with van der Waals surface area (Å²) < 4.78 is 0. The van der Waals surface area contributed by atoms with Crippen LogP contribution in [0.25, 0.3) is 0 Å². The van der Waals surface area contributed by atoms with Crippen molar-refractivity contribution in [3.05, 3.63) is 35.4 Å². The van der Waals surface area contributed by atoms with E-state index in [-0.39, 0.29) is 5.41 Å². The Morgan fingerprint density at radius 2 is 1.84 bits per heavy atom. The molecule has 1 saturated carbocycles. The fourth-order valence-electron chi connectivity index (χ4n) is 4.51. The predicted octanol–water partition coefficient (Wildman–Crippen LogP) is 2.91. The molecular weight excluding hydrogens is 234 g/mol. The third-order valence-corrected chi connectivity index (χ3v) is 5.48. The second kappa shape index (κ2) is 4.92. The van der Waals surface area contributed by atoms with Gasteiger partial charge in [0.2, 0.25) is 0 Å². The predicted molar refractivity (Wildman–Crippen MR) is 78.1 cm³/mol. The third kappa shape index (κ3) is 1.93. The van der Waals surface area contributed by atoms with E-state index in [0.29, 0.717) is 6.54 Å². The Hall–Kier alpha value is -0.860. The molecule has 1 unspecified atom stereocenters. The van der Waals surface area contributed by atoms with Crippen LogP contribution in [0, 0.1) is 0 Å². The highest BCUT2D eigenvalue weighted by Gasteiger charge is 2.54. The Morgan fingerprint density at radius 1 is 1.11 bits per heavy atom. The van der Waals surface area contributed by atoms with E-state index in [1.807, 2.05) is 0 Å². The van der Waals surface area contributed by atoms with Crippen molar-refractivity contribution in [2.75, 3.05) is 6.54 Å². The van der Waals surface area contributed by atoms with Crippen LogP contribution in [0.4, 0.5) is 0 Å². The van der Waals surface area contributed by atoms with Crippen molar-refractivity contribution < 1.29 is 5.11 Å². The number of fused-ring (bicyclic) bond motifs is 2. The van der Waals surface area contributed by atoms with Crippen molar-refractivity contribution in [3.8, 4) is 0 Å². The van der Waals surface area contributed by atoms with E-state index in [9.17, 15) is 5.11 Å². The lowest BCUT2D eigenvalue weighted by Gasteiger charge is -2.50. The highest BCUT2D eigenvalue weighted by molar-refractivity contribution is 5.41. The van der Waals surface area contributed by atoms with Gasteiger partial charge in [0.15, 0.2) is 0 Å². The van der Waals surface area contributed by atoms with Gasteiger partial charge < -0.3 is 10.8 Å². The SMILES string of the molecule is NCCCC1(O)CCc2ccccc2C12CCCC2. The zero-order chi connectivity index (χ0) is 13.3. The molecule has 2 heteroatoms. The largest absolute Gasteiger partial charge is 0.389 e. The van der Waals surface area contributed by atoms with Crippen LogP contribution in [-0.2, 0) is 11.8 Å². The topological polar surface area (TPSA) is 46.2 Å². The normalized spacial score (nSPS) is 28.5. The Balaban J connectivity index is 2.04. The zero-order valence-corrected chi connectivity index (χ0v) is 11.7. The molecule has 0 aliphatic heterocycles. The van der Waals surface area contributed by atoms with Crippen molar-refractivity contribution in [1.29, 1.82) is 0 Å². The molecule has 19 heavy (non-hydrogen) atoms. The molecule has 1 aromatic rings. The highest BCUT2D eigenvalue weighted by Crippen LogP contribution is 2.55. The van der Waals surface area contributed by atoms with Gasteiger partial charge in [-0.1, -0.05) is 37.1 Å². The van der Waals surface area contributed by atoms with Gasteiger partial charge in [0.05, 0.1) is 5.60 Å². The number of aryl methyl sites for hydroxylation is 1. The summed E-state index contributed by atoms with van der Waals surface area (Å²) in [4.78, 5) is 0. The van der Waals surface area contributed by atoms with Gasteiger partial charge in [-0.15, -0.1) is 0 Å². The summed E-state index contributed by atoms with van der Waals surface area (Å²) in [5.74, 6) is 0. The summed E-state index contributed by atoms with van der Waals surface area (Å²) in [5.41, 5.74) is 8.04. The molecule has 2 nitrogen and oxygen atoms in total. The average Bonchev–Trinajstić information content (AvgIpc) is 2.93. The molecule has 3 N–H and O–H groups in total. The van der Waals surface area contributed by atoms with Gasteiger partial charge in [-0.3, -0.25) is 0 Å². The quantitative estimate of drug-likeness (QED) is 0.876. The van der Waals surface area contributed by atoms with Crippen LogP contribution in [0.5, 0.6) is 0 Å². The fourth-order valence-corrected chi connectivity index (χ4v) is 4.51. The second-order valence-corrected chi connectivity index (χ2v) is 6.37. The summed E-state index contributed by atoms with van der Waals surface area (Å²) in [6.07, 6.45) is 8.50. The van der Waals surface area contributed by atoms with Crippen molar-refractivity contribution in [2.24, 2.45) is 5.73 Å². The smallest absolute Gasteiger partial charge is 0.0747 e. The molecule has 2 aliphatic carbocycles. The lowest BCUT2D eigenvalue weighted by molar-refractivity contribution is -0.0608. The standard InChI is InChI=1S/C17H25NO/c18-13-5-11-17(19)12-8-14-6-1-2-7-15(14)16(17)9-3-4-10-16/h1-2,6-7,19H,3-5,8-13,18H2. The van der Waals surface area contributed by atoms with Gasteiger partial charge in [0, 0.05) is 5.41 Å². The van der Waals surface area contributed by atoms with Gasteiger partial charge in [-0.05, 0) is 56.2 Å². The summed E-state index contributed by atoms with van der Waals surface area (Å²) in [6, 6.07) is 8.77. The Kier molecular flexibility index (Phi) is 3.40. The number of benzene rings is 1. The first kappa shape index (κ1) is 13.1. The van der Waals surface area contributed by atoms with Gasteiger partial charge in [-0.25, -0.2) is 0 Å². The van der Waals surface area contributed by atoms with Crippen LogP contribution < -0.4 is 5.73 Å². The van der Waals surface area contributed by atoms with Crippen LogP contribution in [0.3, 0.4) is 0 Å². The first-order valence-electron chi connectivity index (χ1n) is 7.73. The minimum Gasteiger partial charge on any atom is -0.389 e. The maximum absolute atomic E-state index is 11.3. The van der Waals surface area contributed by atoms with Crippen LogP contribution >= 0.6 is 0 Å². The lowest BCUT2D eigenvalue weighted by Crippen LogP contribution is -2.53. The van der Waals surface area contributed by atoms with Crippen LogP contribution in [0.1, 0.15) is 56.1 Å². The Bertz CT molecular complexity index is 450. The number of rotatable bonds is 3. The molecule has 1 fully saturated rings. The third-order valence-electron chi connectivity index (χ3n) is 5.48. The van der Waals surface area contributed by atoms with E-state index in [4.69, 9.17) is 5.73 Å². The molecule has 104 valence electrons. The van der Waals surface area contributed by atoms with Gasteiger partial charge in [0.1, 0.15) is 0 Å². The van der Waals surface area contributed by atoms with E-state index in [1.54, 1.807) is 0 Å². The summed E-state index contributed by atoms with van der Waals surface area (Å²) in [6.45, 7) is 0.681. The monoisotopic (exact) mass is 259 g/mol. The molecule has 0 heterocycles. The van der Waals surface area contributed by atoms with E-state index >= 15 is 0 Å². The number of hydrogen-bond donors (Lipinski definition) is 2. The van der Waals surface area contributed by atoms with E-state index in [0.717, 1.165) is 38.5 Å². The number of hydrogen-bond acceptors (Lipinski definition) is 2. The van der Waals surface area contributed by atoms with Crippen molar-refractivity contribution in [2.45, 2.75) is 62.4 Å². The molecule has 1 aromatic carbocycles. The van der Waals surface area contributed by atoms with Crippen molar-refractivity contribution in [3.63, 3.8) is 0 Å². The summed E-state index contributed by atoms with van der Waals surface area (Å²) in [5, 5.41) is 11.3. The van der Waals surface area contributed by atoms with E-state index in [2.05, 4.69) is 24.3 Å². The Labute approximate surface area is 116 Å². The van der Waals surface area contributed by atoms with Crippen molar-refractivity contribution in [1.82, 2.24) is 0 Å². The first-order valence-corrected chi connectivity index (χ1v) is 7.73. The van der Waals surface area contributed by atoms with Crippen molar-refractivity contribution >= 4 is 0 Å². The molecule has 0 saturated heterocycles. The Morgan fingerprint density at radius 3 is 2.58 bits per heavy atom. The summed E-state index contributed by atoms with van der Waals surface area (Å²) in [7, 11) is 0. The van der Waals surface area contributed by atoms with E-state index in [1.165, 1.54) is 24.0 Å². The van der Waals surface area contributed by atoms with Gasteiger partial charge >= 0.3 is 0 Å². The van der Waals surface area contributed by atoms with Gasteiger partial charge in [-0.2, -0.15) is 0 Å². The minimum atomic E-state index is -0.531. The molecule has 0 amide bonds. The molecule has 1 atom stereocenters. The second-order valence-electron chi connectivity index (χ2n) is 6.37. The molecule has 0 bridgehead atoms. The van der Waals surface area contributed by atoms with E-state index < -0.39 is 5.60 Å². The maximum Gasteiger partial charge on any atom is 0.0747 e. The average molecular weight is 259 g/mol. The molecule has 0 radical (unpaired) electrons. The molecule has 2 aliphatic rings. The molecule has 3 rings (SSSR count). The maximum atomic E-state index is 11.3. The first-order chi connectivity index (χ1) is 9.22. The number of nitrogens with two attached hydrogens (primary N) is 1. The summed E-state index contributed by atoms with van der Waals surface area (Å²) >= 11 is 0. The lowest BCUT2D eigenvalue weighted by atomic mass is 9.58. The minimum absolute atomic E-state index is 0.0109. The molecule has 1 spiro atoms. The zero-order valence-electron chi connectivity index (χ0n) is 11.7. The molecule has 0 aromatic heterocycles. The fraction of sp³-hybridized carbons (Fsp3) is 0.647.